The van der Waals surface area contributed by atoms with E-state index in [9.17, 15) is 14.0 Å². The molecule has 35 heavy (non-hydrogen) atoms. The second-order valence-electron chi connectivity index (χ2n) is 8.23. The van der Waals surface area contributed by atoms with Crippen LogP contribution in [0, 0.1) is 5.82 Å². The van der Waals surface area contributed by atoms with Gasteiger partial charge in [-0.3, -0.25) is 9.59 Å². The molecule has 1 aromatic heterocycles. The molecule has 1 N–H and O–H groups in total. The van der Waals surface area contributed by atoms with Gasteiger partial charge in [-0.2, -0.15) is 5.10 Å². The Hall–Kier alpha value is -3.97. The number of carbonyl (C=O) groups is 2. The molecule has 178 valence electrons. The standard InChI is InChI=1S/C27H24ClFN4O2/c1-18(2)32(27(35)20-11-8-12-21(29)15-20)17-26(34)30-25-16-23(19-9-4-3-5-10-19)31-33(25)24-14-7-6-13-22(24)28/h3-16,18H,17H2,1-2H3,(H,30,34). The second-order valence-corrected chi connectivity index (χ2v) is 8.64. The monoisotopic (exact) mass is 490 g/mol. The van der Waals surface area contributed by atoms with E-state index in [4.69, 9.17) is 11.6 Å². The number of hydrogen-bond donors (Lipinski definition) is 1. The quantitative estimate of drug-likeness (QED) is 0.355. The normalized spacial score (nSPS) is 10.9. The molecule has 0 atom stereocenters. The van der Waals surface area contributed by atoms with Crippen LogP contribution in [0.5, 0.6) is 0 Å². The van der Waals surface area contributed by atoms with Crippen LogP contribution in [-0.2, 0) is 4.79 Å². The Labute approximate surface area is 208 Å². The predicted octanol–water partition coefficient (Wildman–Crippen LogP) is 5.82. The van der Waals surface area contributed by atoms with Crippen molar-refractivity contribution < 1.29 is 14.0 Å². The first kappa shape index (κ1) is 24.2. The van der Waals surface area contributed by atoms with Crippen molar-refractivity contribution in [1.82, 2.24) is 14.7 Å². The third-order valence-corrected chi connectivity index (χ3v) is 5.72. The van der Waals surface area contributed by atoms with Gasteiger partial charge >= 0.3 is 0 Å². The molecule has 0 spiro atoms. The summed E-state index contributed by atoms with van der Waals surface area (Å²) >= 11 is 6.41. The highest BCUT2D eigenvalue weighted by atomic mass is 35.5. The van der Waals surface area contributed by atoms with Crippen molar-refractivity contribution in [3.8, 4) is 16.9 Å². The van der Waals surface area contributed by atoms with Crippen LogP contribution in [-0.4, -0.2) is 39.1 Å². The zero-order valence-electron chi connectivity index (χ0n) is 19.3. The van der Waals surface area contributed by atoms with Gasteiger partial charge in [-0.05, 0) is 44.2 Å². The lowest BCUT2D eigenvalue weighted by molar-refractivity contribution is -0.117. The number of carbonyl (C=O) groups excluding carboxylic acids is 2. The van der Waals surface area contributed by atoms with E-state index >= 15 is 0 Å². The number of nitrogens with one attached hydrogen (secondary N) is 1. The predicted molar refractivity (Wildman–Crippen MR) is 135 cm³/mol. The van der Waals surface area contributed by atoms with Crippen LogP contribution in [0.15, 0.2) is 84.9 Å². The van der Waals surface area contributed by atoms with Gasteiger partial charge in [-0.15, -0.1) is 0 Å². The summed E-state index contributed by atoms with van der Waals surface area (Å²) in [4.78, 5) is 27.5. The molecule has 0 aliphatic heterocycles. The molecule has 6 nitrogen and oxygen atoms in total. The van der Waals surface area contributed by atoms with Gasteiger partial charge in [0.2, 0.25) is 5.91 Å². The minimum absolute atomic E-state index is 0.180. The SMILES string of the molecule is CC(C)N(CC(=O)Nc1cc(-c2ccccc2)nn1-c1ccccc1Cl)C(=O)c1cccc(F)c1. The summed E-state index contributed by atoms with van der Waals surface area (Å²) in [7, 11) is 0. The molecule has 8 heteroatoms. The third kappa shape index (κ3) is 5.58. The number of para-hydroxylation sites is 1. The number of amides is 2. The largest absolute Gasteiger partial charge is 0.327 e. The maximum Gasteiger partial charge on any atom is 0.254 e. The number of nitrogens with zero attached hydrogens (tertiary/aromatic N) is 3. The van der Waals surface area contributed by atoms with Gasteiger partial charge in [0.25, 0.3) is 5.91 Å². The second kappa shape index (κ2) is 10.5. The minimum atomic E-state index is -0.513. The van der Waals surface area contributed by atoms with E-state index in [-0.39, 0.29) is 18.2 Å². The average Bonchev–Trinajstić information content (AvgIpc) is 3.26. The Bertz CT molecular complexity index is 1350. The molecule has 1 heterocycles. The van der Waals surface area contributed by atoms with Gasteiger partial charge in [-0.25, -0.2) is 9.07 Å². The number of benzene rings is 3. The van der Waals surface area contributed by atoms with Gasteiger partial charge in [-0.1, -0.05) is 60.1 Å². The number of hydrogen-bond acceptors (Lipinski definition) is 3. The summed E-state index contributed by atoms with van der Waals surface area (Å²) in [5.74, 6) is -0.958. The first-order chi connectivity index (χ1) is 16.8. The zero-order valence-corrected chi connectivity index (χ0v) is 20.0. The van der Waals surface area contributed by atoms with Crippen molar-refractivity contribution in [3.05, 3.63) is 101 Å². The molecule has 2 amide bonds. The summed E-state index contributed by atoms with van der Waals surface area (Å²) in [5, 5.41) is 8.00. The van der Waals surface area contributed by atoms with E-state index < -0.39 is 17.6 Å². The summed E-state index contributed by atoms with van der Waals surface area (Å²) in [6.45, 7) is 3.37. The van der Waals surface area contributed by atoms with Gasteiger partial charge < -0.3 is 10.2 Å². The van der Waals surface area contributed by atoms with Crippen LogP contribution in [0.4, 0.5) is 10.2 Å². The van der Waals surface area contributed by atoms with Crippen LogP contribution in [0.2, 0.25) is 5.02 Å². The molecule has 0 bridgehead atoms. The van der Waals surface area contributed by atoms with E-state index in [1.54, 1.807) is 36.7 Å². The Morgan fingerprint density at radius 1 is 1.00 bits per heavy atom. The Morgan fingerprint density at radius 3 is 2.40 bits per heavy atom. The van der Waals surface area contributed by atoms with E-state index in [1.807, 2.05) is 42.5 Å². The highest BCUT2D eigenvalue weighted by Crippen LogP contribution is 2.28. The van der Waals surface area contributed by atoms with E-state index in [1.165, 1.54) is 23.1 Å². The smallest absolute Gasteiger partial charge is 0.254 e. The van der Waals surface area contributed by atoms with E-state index in [0.29, 0.717) is 22.2 Å². The highest BCUT2D eigenvalue weighted by Gasteiger charge is 2.23. The number of rotatable bonds is 7. The molecule has 0 aliphatic carbocycles. The Morgan fingerprint density at radius 2 is 1.71 bits per heavy atom. The van der Waals surface area contributed by atoms with Crippen LogP contribution >= 0.6 is 11.6 Å². The molecular formula is C27H24ClFN4O2. The summed E-state index contributed by atoms with van der Waals surface area (Å²) in [6, 6.07) is 23.6. The van der Waals surface area contributed by atoms with Crippen LogP contribution in [0.3, 0.4) is 0 Å². The number of anilines is 1. The lowest BCUT2D eigenvalue weighted by Crippen LogP contribution is -2.42. The number of aromatic nitrogens is 2. The van der Waals surface area contributed by atoms with Crippen LogP contribution < -0.4 is 5.32 Å². The van der Waals surface area contributed by atoms with E-state index in [2.05, 4.69) is 10.4 Å². The van der Waals surface area contributed by atoms with Gasteiger partial charge in [0.15, 0.2) is 0 Å². The molecule has 0 unspecified atom stereocenters. The van der Waals surface area contributed by atoms with Crippen molar-refractivity contribution in [2.75, 3.05) is 11.9 Å². The van der Waals surface area contributed by atoms with Crippen molar-refractivity contribution >= 4 is 29.2 Å². The lowest BCUT2D eigenvalue weighted by atomic mass is 10.1. The van der Waals surface area contributed by atoms with Crippen molar-refractivity contribution in [2.24, 2.45) is 0 Å². The van der Waals surface area contributed by atoms with Gasteiger partial charge in [0.05, 0.1) is 16.4 Å². The Kier molecular flexibility index (Phi) is 7.27. The Balaban J connectivity index is 1.63. The topological polar surface area (TPSA) is 67.2 Å². The first-order valence-electron chi connectivity index (χ1n) is 11.1. The summed E-state index contributed by atoms with van der Waals surface area (Å²) in [6.07, 6.45) is 0. The van der Waals surface area contributed by atoms with Crippen LogP contribution in [0.1, 0.15) is 24.2 Å². The number of halogens is 2. The van der Waals surface area contributed by atoms with Crippen molar-refractivity contribution in [1.29, 1.82) is 0 Å². The van der Waals surface area contributed by atoms with Gasteiger partial charge in [0.1, 0.15) is 18.2 Å². The fourth-order valence-electron chi connectivity index (χ4n) is 3.64. The molecule has 0 aliphatic rings. The molecular weight excluding hydrogens is 467 g/mol. The maximum atomic E-state index is 13.7. The minimum Gasteiger partial charge on any atom is -0.327 e. The molecule has 0 saturated heterocycles. The molecule has 0 fully saturated rings. The van der Waals surface area contributed by atoms with Gasteiger partial charge in [0, 0.05) is 23.2 Å². The van der Waals surface area contributed by atoms with Crippen molar-refractivity contribution in [3.63, 3.8) is 0 Å². The molecule has 4 rings (SSSR count). The van der Waals surface area contributed by atoms with Crippen LogP contribution in [0.25, 0.3) is 16.9 Å². The lowest BCUT2D eigenvalue weighted by Gasteiger charge is -2.26. The van der Waals surface area contributed by atoms with Crippen molar-refractivity contribution in [2.45, 2.75) is 19.9 Å². The highest BCUT2D eigenvalue weighted by molar-refractivity contribution is 6.32. The fraction of sp³-hybridized carbons (Fsp3) is 0.148. The first-order valence-corrected chi connectivity index (χ1v) is 11.5. The maximum absolute atomic E-state index is 13.7. The zero-order chi connectivity index (χ0) is 24.9. The molecule has 0 radical (unpaired) electrons. The molecule has 0 saturated carbocycles. The third-order valence-electron chi connectivity index (χ3n) is 5.40. The summed E-state index contributed by atoms with van der Waals surface area (Å²) < 4.78 is 15.2. The van der Waals surface area contributed by atoms with E-state index in [0.717, 1.165) is 11.6 Å². The molecule has 4 aromatic rings. The fourth-order valence-corrected chi connectivity index (χ4v) is 3.86. The average molecular weight is 491 g/mol. The molecule has 3 aromatic carbocycles. The summed E-state index contributed by atoms with van der Waals surface area (Å²) in [5.41, 5.74) is 2.30.